The lowest BCUT2D eigenvalue weighted by molar-refractivity contribution is -0.130. The van der Waals surface area contributed by atoms with Crippen molar-refractivity contribution < 1.29 is 18.3 Å². The molecule has 0 saturated carbocycles. The van der Waals surface area contributed by atoms with Crippen molar-refractivity contribution in [2.24, 2.45) is 0 Å². The van der Waals surface area contributed by atoms with E-state index in [2.05, 4.69) is 15.3 Å². The maximum Gasteiger partial charge on any atom is 0.257 e. The highest BCUT2D eigenvalue weighted by atomic mass is 32.2. The maximum atomic E-state index is 12.4. The van der Waals surface area contributed by atoms with E-state index in [1.165, 1.54) is 24.5 Å². The van der Waals surface area contributed by atoms with Gasteiger partial charge in [-0.15, -0.1) is 0 Å². The van der Waals surface area contributed by atoms with Crippen LogP contribution in [0, 0.1) is 18.3 Å². The molecule has 25 heavy (non-hydrogen) atoms. The molecule has 8 nitrogen and oxygen atoms in total. The van der Waals surface area contributed by atoms with E-state index in [1.54, 1.807) is 18.2 Å². The van der Waals surface area contributed by atoms with E-state index in [1.807, 2.05) is 6.92 Å². The molecule has 1 aromatic heterocycles. The standard InChI is InChI=1S/C16H16N4O4S/c1-11-3-5-13(6-4-11)25(23,24)10-16(2,22)15(21)20-12-8-18-14(7-17)19-9-12/h3-6,8-9,22H,10H2,1-2H3,(H,20,21)/t16-/m0/s1. The SMILES string of the molecule is Cc1ccc(S(=O)(=O)C[C@](C)(O)C(=O)Nc2cnc(C#N)nc2)cc1. The van der Waals surface area contributed by atoms with Gasteiger partial charge in [-0.1, -0.05) is 17.7 Å². The number of carbonyl (C=O) groups is 1. The number of nitrogens with zero attached hydrogens (tertiary/aromatic N) is 3. The average molecular weight is 360 g/mol. The number of anilines is 1. The van der Waals surface area contributed by atoms with Crippen LogP contribution in [0.4, 0.5) is 5.69 Å². The summed E-state index contributed by atoms with van der Waals surface area (Å²) < 4.78 is 24.8. The minimum absolute atomic E-state index is 0.0212. The number of nitrogens with one attached hydrogen (secondary N) is 1. The lowest BCUT2D eigenvalue weighted by atomic mass is 10.1. The quantitative estimate of drug-likeness (QED) is 0.806. The van der Waals surface area contributed by atoms with Gasteiger partial charge in [0.05, 0.1) is 28.7 Å². The van der Waals surface area contributed by atoms with Crippen LogP contribution < -0.4 is 5.32 Å². The van der Waals surface area contributed by atoms with Crippen LogP contribution in [0.3, 0.4) is 0 Å². The summed E-state index contributed by atoms with van der Waals surface area (Å²) in [6, 6.07) is 7.84. The van der Waals surface area contributed by atoms with E-state index in [4.69, 9.17) is 5.26 Å². The van der Waals surface area contributed by atoms with Gasteiger partial charge in [0.15, 0.2) is 15.4 Å². The Morgan fingerprint density at radius 3 is 2.36 bits per heavy atom. The summed E-state index contributed by atoms with van der Waals surface area (Å²) in [5.41, 5.74) is -1.14. The van der Waals surface area contributed by atoms with Crippen molar-refractivity contribution in [3.63, 3.8) is 0 Å². The van der Waals surface area contributed by atoms with Gasteiger partial charge in [0, 0.05) is 0 Å². The van der Waals surface area contributed by atoms with Crippen LogP contribution in [0.2, 0.25) is 0 Å². The van der Waals surface area contributed by atoms with Gasteiger partial charge in [-0.3, -0.25) is 4.79 Å². The fourth-order valence-electron chi connectivity index (χ4n) is 1.98. The minimum atomic E-state index is -3.87. The lowest BCUT2D eigenvalue weighted by Gasteiger charge is -2.22. The van der Waals surface area contributed by atoms with Crippen LogP contribution in [0.5, 0.6) is 0 Å². The number of rotatable bonds is 5. The van der Waals surface area contributed by atoms with Gasteiger partial charge in [-0.2, -0.15) is 5.26 Å². The molecule has 1 aromatic carbocycles. The van der Waals surface area contributed by atoms with E-state index >= 15 is 0 Å². The predicted molar refractivity (Wildman–Crippen MR) is 89.2 cm³/mol. The van der Waals surface area contributed by atoms with Gasteiger partial charge in [-0.25, -0.2) is 18.4 Å². The molecule has 0 unspecified atom stereocenters. The Kier molecular flexibility index (Phi) is 5.15. The third-order valence-corrected chi connectivity index (χ3v) is 5.28. The molecule has 0 aliphatic carbocycles. The van der Waals surface area contributed by atoms with E-state index in [0.717, 1.165) is 12.5 Å². The fraction of sp³-hybridized carbons (Fsp3) is 0.250. The smallest absolute Gasteiger partial charge is 0.257 e. The lowest BCUT2D eigenvalue weighted by Crippen LogP contribution is -2.45. The molecular formula is C16H16N4O4S. The molecule has 0 fully saturated rings. The van der Waals surface area contributed by atoms with E-state index < -0.39 is 27.1 Å². The Morgan fingerprint density at radius 1 is 1.28 bits per heavy atom. The molecule has 0 spiro atoms. The first kappa shape index (κ1) is 18.5. The fourth-order valence-corrected chi connectivity index (χ4v) is 3.57. The summed E-state index contributed by atoms with van der Waals surface area (Å²) >= 11 is 0. The molecule has 0 aliphatic heterocycles. The van der Waals surface area contributed by atoms with Gasteiger partial charge in [0.2, 0.25) is 5.82 Å². The molecule has 2 N–H and O–H groups in total. The Labute approximate surface area is 145 Å². The maximum absolute atomic E-state index is 12.4. The molecule has 130 valence electrons. The number of amides is 1. The number of carbonyl (C=O) groups excluding carboxylic acids is 1. The van der Waals surface area contributed by atoms with Crippen LogP contribution in [0.15, 0.2) is 41.6 Å². The monoisotopic (exact) mass is 360 g/mol. The normalized spacial score (nSPS) is 13.5. The second-order valence-corrected chi connectivity index (χ2v) is 7.70. The zero-order chi connectivity index (χ0) is 18.7. The van der Waals surface area contributed by atoms with E-state index in [9.17, 15) is 18.3 Å². The van der Waals surface area contributed by atoms with Crippen molar-refractivity contribution in [1.29, 1.82) is 5.26 Å². The van der Waals surface area contributed by atoms with Gasteiger partial charge < -0.3 is 10.4 Å². The zero-order valence-electron chi connectivity index (χ0n) is 13.6. The first-order valence-corrected chi connectivity index (χ1v) is 8.85. The van der Waals surface area contributed by atoms with Crippen molar-refractivity contribution in [1.82, 2.24) is 9.97 Å². The van der Waals surface area contributed by atoms with Crippen molar-refractivity contribution in [2.75, 3.05) is 11.1 Å². The Hall–Kier alpha value is -2.83. The van der Waals surface area contributed by atoms with Crippen LogP contribution in [0.1, 0.15) is 18.3 Å². The molecule has 1 atom stereocenters. The van der Waals surface area contributed by atoms with Crippen LogP contribution >= 0.6 is 0 Å². The average Bonchev–Trinajstić information content (AvgIpc) is 2.55. The van der Waals surface area contributed by atoms with Crippen LogP contribution in [-0.4, -0.2) is 40.8 Å². The Morgan fingerprint density at radius 2 is 1.84 bits per heavy atom. The summed E-state index contributed by atoms with van der Waals surface area (Å²) in [6.45, 7) is 2.93. The van der Waals surface area contributed by atoms with Gasteiger partial charge in [0.1, 0.15) is 6.07 Å². The van der Waals surface area contributed by atoms with Crippen LogP contribution in [0.25, 0.3) is 0 Å². The highest BCUT2D eigenvalue weighted by Crippen LogP contribution is 2.19. The number of aryl methyl sites for hydroxylation is 1. The first-order chi connectivity index (χ1) is 11.6. The van der Waals surface area contributed by atoms with Crippen molar-refractivity contribution in [3.05, 3.63) is 48.0 Å². The molecule has 2 rings (SSSR count). The summed E-state index contributed by atoms with van der Waals surface area (Å²) in [5.74, 6) is -1.78. The van der Waals surface area contributed by atoms with Gasteiger partial charge >= 0.3 is 0 Å². The number of aromatic nitrogens is 2. The first-order valence-electron chi connectivity index (χ1n) is 7.19. The number of sulfone groups is 1. The molecule has 9 heteroatoms. The Bertz CT molecular complexity index is 914. The molecule has 0 bridgehead atoms. The number of hydrogen-bond acceptors (Lipinski definition) is 7. The minimum Gasteiger partial charge on any atom is -0.379 e. The third kappa shape index (κ3) is 4.59. The van der Waals surface area contributed by atoms with Crippen molar-refractivity contribution in [2.45, 2.75) is 24.3 Å². The summed E-state index contributed by atoms with van der Waals surface area (Å²) in [6.07, 6.45) is 2.38. The predicted octanol–water partition coefficient (Wildman–Crippen LogP) is 0.820. The van der Waals surface area contributed by atoms with Gasteiger partial charge in [-0.05, 0) is 26.0 Å². The molecular weight excluding hydrogens is 344 g/mol. The van der Waals surface area contributed by atoms with Crippen LogP contribution in [-0.2, 0) is 14.6 Å². The summed E-state index contributed by atoms with van der Waals surface area (Å²) in [7, 11) is -3.87. The molecule has 0 saturated heterocycles. The van der Waals surface area contributed by atoms with Crippen molar-refractivity contribution in [3.8, 4) is 6.07 Å². The van der Waals surface area contributed by atoms with Gasteiger partial charge in [0.25, 0.3) is 5.91 Å². The highest BCUT2D eigenvalue weighted by molar-refractivity contribution is 7.91. The molecule has 0 radical (unpaired) electrons. The molecule has 0 aliphatic rings. The second kappa shape index (κ2) is 6.96. The van der Waals surface area contributed by atoms with Crippen molar-refractivity contribution >= 4 is 21.4 Å². The number of aliphatic hydroxyl groups is 1. The summed E-state index contributed by atoms with van der Waals surface area (Å²) in [5, 5.41) is 21.3. The number of benzene rings is 1. The summed E-state index contributed by atoms with van der Waals surface area (Å²) in [4.78, 5) is 19.6. The number of hydrogen-bond donors (Lipinski definition) is 2. The van der Waals surface area contributed by atoms with E-state index in [0.29, 0.717) is 0 Å². The topological polar surface area (TPSA) is 133 Å². The molecule has 2 aromatic rings. The Balaban J connectivity index is 2.14. The highest BCUT2D eigenvalue weighted by Gasteiger charge is 2.36. The largest absolute Gasteiger partial charge is 0.379 e. The number of nitriles is 1. The van der Waals surface area contributed by atoms with E-state index in [-0.39, 0.29) is 16.4 Å². The molecule has 1 amide bonds. The third-order valence-electron chi connectivity index (χ3n) is 3.35. The molecule has 1 heterocycles. The second-order valence-electron chi connectivity index (χ2n) is 5.71. The zero-order valence-corrected chi connectivity index (χ0v) is 14.4.